The molecule has 0 atom stereocenters. The summed E-state index contributed by atoms with van der Waals surface area (Å²) in [5.74, 6) is 0.792. The van der Waals surface area contributed by atoms with Gasteiger partial charge in [-0.3, -0.25) is 0 Å². The van der Waals surface area contributed by atoms with Crippen molar-refractivity contribution in [3.05, 3.63) is 0 Å². The molecule has 0 radical (unpaired) electrons. The van der Waals surface area contributed by atoms with Crippen LogP contribution in [0.5, 0.6) is 0 Å². The maximum Gasteiger partial charge on any atom is -0.00136 e. The summed E-state index contributed by atoms with van der Waals surface area (Å²) in [5.41, 5.74) is 6.21. The van der Waals surface area contributed by atoms with Crippen molar-refractivity contribution in [1.29, 1.82) is 0 Å². The van der Waals surface area contributed by atoms with Gasteiger partial charge in [0.15, 0.2) is 0 Å². The molecule has 2 heteroatoms. The first-order valence-electron chi connectivity index (χ1n) is 6.50. The third-order valence-electron chi connectivity index (χ3n) is 4.10. The molecule has 1 heterocycles. The summed E-state index contributed by atoms with van der Waals surface area (Å²) in [6, 6.07) is 0. The maximum atomic E-state index is 5.69. The van der Waals surface area contributed by atoms with Crippen LogP contribution >= 0.6 is 0 Å². The molecule has 2 nitrogen and oxygen atoms in total. The second kappa shape index (κ2) is 5.86. The van der Waals surface area contributed by atoms with Gasteiger partial charge in [-0.2, -0.15) is 0 Å². The molecule has 1 aliphatic heterocycles. The van der Waals surface area contributed by atoms with Crippen LogP contribution in [-0.2, 0) is 0 Å². The fourth-order valence-corrected chi connectivity index (χ4v) is 2.08. The molecule has 15 heavy (non-hydrogen) atoms. The van der Waals surface area contributed by atoms with Crippen molar-refractivity contribution in [3.8, 4) is 0 Å². The Morgan fingerprint density at radius 3 is 2.33 bits per heavy atom. The van der Waals surface area contributed by atoms with Gasteiger partial charge in [0.2, 0.25) is 0 Å². The minimum Gasteiger partial charge on any atom is -0.330 e. The quantitative estimate of drug-likeness (QED) is 0.758. The molecule has 0 amide bonds. The summed E-state index contributed by atoms with van der Waals surface area (Å²) < 4.78 is 0. The molecule has 2 N–H and O–H groups in total. The van der Waals surface area contributed by atoms with Gasteiger partial charge in [0.1, 0.15) is 0 Å². The number of rotatable bonds is 5. The van der Waals surface area contributed by atoms with Gasteiger partial charge < -0.3 is 10.6 Å². The molecule has 0 aromatic carbocycles. The Kier molecular flexibility index (Phi) is 5.07. The number of hydrogen-bond donors (Lipinski definition) is 1. The molecule has 0 aliphatic carbocycles. The Morgan fingerprint density at radius 1 is 1.27 bits per heavy atom. The van der Waals surface area contributed by atoms with Crippen molar-refractivity contribution in [2.75, 3.05) is 26.2 Å². The first-order chi connectivity index (χ1) is 7.07. The summed E-state index contributed by atoms with van der Waals surface area (Å²) in [6.07, 6.45) is 5.23. The molecule has 0 unspecified atom stereocenters. The lowest BCUT2D eigenvalue weighted by atomic mass is 9.86. The molecule has 0 aromatic heterocycles. The van der Waals surface area contributed by atoms with Crippen LogP contribution < -0.4 is 5.73 Å². The molecule has 0 bridgehead atoms. The SMILES string of the molecule is CCC(C)(C)CCN1CCC(CN)CC1. The molecule has 0 aromatic rings. The van der Waals surface area contributed by atoms with Crippen LogP contribution in [-0.4, -0.2) is 31.1 Å². The molecule has 90 valence electrons. The fraction of sp³-hybridized carbons (Fsp3) is 1.00. The van der Waals surface area contributed by atoms with E-state index in [1.54, 1.807) is 0 Å². The number of nitrogens with two attached hydrogens (primary N) is 1. The summed E-state index contributed by atoms with van der Waals surface area (Å²) in [7, 11) is 0. The maximum absolute atomic E-state index is 5.69. The van der Waals surface area contributed by atoms with E-state index in [1.165, 1.54) is 45.3 Å². The first-order valence-corrected chi connectivity index (χ1v) is 6.50. The lowest BCUT2D eigenvalue weighted by molar-refractivity contribution is 0.160. The van der Waals surface area contributed by atoms with Crippen LogP contribution in [0.15, 0.2) is 0 Å². The number of piperidine rings is 1. The second-order valence-corrected chi connectivity index (χ2v) is 5.79. The van der Waals surface area contributed by atoms with Crippen molar-refractivity contribution in [3.63, 3.8) is 0 Å². The molecular weight excluding hydrogens is 184 g/mol. The third kappa shape index (κ3) is 4.52. The number of likely N-dealkylation sites (tertiary alicyclic amines) is 1. The van der Waals surface area contributed by atoms with E-state index < -0.39 is 0 Å². The van der Waals surface area contributed by atoms with Gasteiger partial charge >= 0.3 is 0 Å². The number of nitrogens with zero attached hydrogens (tertiary/aromatic N) is 1. The predicted molar refractivity (Wildman–Crippen MR) is 66.9 cm³/mol. The van der Waals surface area contributed by atoms with E-state index >= 15 is 0 Å². The minimum atomic E-state index is 0.519. The van der Waals surface area contributed by atoms with Crippen molar-refractivity contribution in [2.45, 2.75) is 46.5 Å². The standard InChI is InChI=1S/C13H28N2/c1-4-13(2,3)7-10-15-8-5-12(11-14)6-9-15/h12H,4-11,14H2,1-3H3. The summed E-state index contributed by atoms with van der Waals surface area (Å²) in [6.45, 7) is 11.7. The van der Waals surface area contributed by atoms with Crippen LogP contribution in [0.2, 0.25) is 0 Å². The molecule has 1 saturated heterocycles. The van der Waals surface area contributed by atoms with Crippen LogP contribution in [0.4, 0.5) is 0 Å². The molecule has 1 aliphatic rings. The van der Waals surface area contributed by atoms with Gasteiger partial charge in [-0.25, -0.2) is 0 Å². The summed E-state index contributed by atoms with van der Waals surface area (Å²) in [5, 5.41) is 0. The number of hydrogen-bond acceptors (Lipinski definition) is 2. The average molecular weight is 212 g/mol. The Bertz CT molecular complexity index is 169. The molecule has 1 rings (SSSR count). The fourth-order valence-electron chi connectivity index (χ4n) is 2.08. The van der Waals surface area contributed by atoms with Gasteiger partial charge in [0, 0.05) is 0 Å². The predicted octanol–water partition coefficient (Wildman–Crippen LogP) is 2.48. The second-order valence-electron chi connectivity index (χ2n) is 5.79. The summed E-state index contributed by atoms with van der Waals surface area (Å²) >= 11 is 0. The largest absolute Gasteiger partial charge is 0.330 e. The Hall–Kier alpha value is -0.0800. The highest BCUT2D eigenvalue weighted by Crippen LogP contribution is 2.25. The highest BCUT2D eigenvalue weighted by atomic mass is 15.1. The highest BCUT2D eigenvalue weighted by molar-refractivity contribution is 4.75. The average Bonchev–Trinajstić information content (AvgIpc) is 2.27. The van der Waals surface area contributed by atoms with Crippen molar-refractivity contribution in [2.24, 2.45) is 17.1 Å². The molecule has 0 saturated carbocycles. The zero-order chi connectivity index (χ0) is 11.3. The topological polar surface area (TPSA) is 29.3 Å². The smallest absolute Gasteiger partial charge is 0.00136 e. The first kappa shape index (κ1) is 13.0. The van der Waals surface area contributed by atoms with Crippen molar-refractivity contribution >= 4 is 0 Å². The Labute approximate surface area is 95.2 Å². The Balaban J connectivity index is 2.19. The monoisotopic (exact) mass is 212 g/mol. The lowest BCUT2D eigenvalue weighted by Gasteiger charge is -2.33. The van der Waals surface area contributed by atoms with E-state index in [-0.39, 0.29) is 0 Å². The van der Waals surface area contributed by atoms with Gasteiger partial charge in [-0.15, -0.1) is 0 Å². The van der Waals surface area contributed by atoms with E-state index in [9.17, 15) is 0 Å². The zero-order valence-electron chi connectivity index (χ0n) is 10.8. The minimum absolute atomic E-state index is 0.519. The van der Waals surface area contributed by atoms with Crippen LogP contribution in [0, 0.1) is 11.3 Å². The van der Waals surface area contributed by atoms with Crippen LogP contribution in [0.25, 0.3) is 0 Å². The third-order valence-corrected chi connectivity index (χ3v) is 4.10. The summed E-state index contributed by atoms with van der Waals surface area (Å²) in [4.78, 5) is 2.61. The van der Waals surface area contributed by atoms with E-state index in [0.717, 1.165) is 12.5 Å². The van der Waals surface area contributed by atoms with E-state index in [4.69, 9.17) is 5.73 Å². The van der Waals surface area contributed by atoms with Gasteiger partial charge in [-0.1, -0.05) is 27.2 Å². The van der Waals surface area contributed by atoms with Crippen molar-refractivity contribution < 1.29 is 0 Å². The van der Waals surface area contributed by atoms with Crippen LogP contribution in [0.3, 0.4) is 0 Å². The normalized spacial score (nSPS) is 20.8. The molecule has 1 fully saturated rings. The molecule has 0 spiro atoms. The van der Waals surface area contributed by atoms with E-state index in [1.807, 2.05) is 0 Å². The van der Waals surface area contributed by atoms with Crippen LogP contribution in [0.1, 0.15) is 46.5 Å². The van der Waals surface area contributed by atoms with Gasteiger partial charge in [0.05, 0.1) is 0 Å². The van der Waals surface area contributed by atoms with Gasteiger partial charge in [0.25, 0.3) is 0 Å². The van der Waals surface area contributed by atoms with Crippen molar-refractivity contribution in [1.82, 2.24) is 4.90 Å². The highest BCUT2D eigenvalue weighted by Gasteiger charge is 2.20. The van der Waals surface area contributed by atoms with E-state index in [2.05, 4.69) is 25.7 Å². The lowest BCUT2D eigenvalue weighted by Crippen LogP contribution is -2.37. The molecular formula is C13H28N2. The Morgan fingerprint density at radius 2 is 1.87 bits per heavy atom. The van der Waals surface area contributed by atoms with Gasteiger partial charge in [-0.05, 0) is 56.8 Å². The zero-order valence-corrected chi connectivity index (χ0v) is 10.8. The van der Waals surface area contributed by atoms with E-state index in [0.29, 0.717) is 5.41 Å².